The van der Waals surface area contributed by atoms with E-state index in [1.165, 1.54) is 6.07 Å². The first-order chi connectivity index (χ1) is 18.6. The number of hydrogen-bond acceptors (Lipinski definition) is 10. The normalized spacial score (nSPS) is 13.1. The Balaban J connectivity index is 1.63. The van der Waals surface area contributed by atoms with E-state index < -0.39 is 10.0 Å². The van der Waals surface area contributed by atoms with Gasteiger partial charge in [0.05, 0.1) is 18.6 Å². The highest BCUT2D eigenvalue weighted by atomic mass is 35.5. The number of sulfonamides is 1. The highest BCUT2D eigenvalue weighted by molar-refractivity contribution is 7.92. The number of nitrogens with zero attached hydrogens (tertiary/aromatic N) is 4. The number of rotatable bonds is 11. The van der Waals surface area contributed by atoms with Crippen molar-refractivity contribution in [2.24, 2.45) is 0 Å². The molecule has 0 spiro atoms. The Bertz CT molecular complexity index is 1440. The maximum atomic E-state index is 13.3. The van der Waals surface area contributed by atoms with Gasteiger partial charge in [0.25, 0.3) is 21.8 Å². The molecule has 0 radical (unpaired) electrons. The zero-order valence-corrected chi connectivity index (χ0v) is 24.1. The lowest BCUT2D eigenvalue weighted by atomic mass is 10.2. The quantitative estimate of drug-likeness (QED) is 0.362. The van der Waals surface area contributed by atoms with Crippen molar-refractivity contribution in [3.05, 3.63) is 52.5 Å². The van der Waals surface area contributed by atoms with Crippen LogP contribution in [0.3, 0.4) is 0 Å². The summed E-state index contributed by atoms with van der Waals surface area (Å²) in [6.07, 6.45) is 0. The predicted molar refractivity (Wildman–Crippen MR) is 149 cm³/mol. The smallest absolute Gasteiger partial charge is 0.263 e. The summed E-state index contributed by atoms with van der Waals surface area (Å²) in [6, 6.07) is 10.1. The van der Waals surface area contributed by atoms with Crippen LogP contribution in [0.15, 0.2) is 41.3 Å². The lowest BCUT2D eigenvalue weighted by Gasteiger charge is -2.26. The summed E-state index contributed by atoms with van der Waals surface area (Å²) in [6.45, 7) is 3.90. The molecule has 1 aliphatic rings. The van der Waals surface area contributed by atoms with Crippen LogP contribution < -0.4 is 28.6 Å². The Morgan fingerprint density at radius 2 is 1.95 bits per heavy atom. The molecule has 4 rings (SSSR count). The number of nitrogens with one attached hydrogen (secondary N) is 1. The van der Waals surface area contributed by atoms with Crippen molar-refractivity contribution in [3.63, 3.8) is 0 Å². The second kappa shape index (κ2) is 12.1. The molecule has 0 fully saturated rings. The van der Waals surface area contributed by atoms with Crippen LogP contribution in [0.1, 0.15) is 11.1 Å². The van der Waals surface area contributed by atoms with Gasteiger partial charge in [0.1, 0.15) is 19.8 Å². The summed E-state index contributed by atoms with van der Waals surface area (Å²) in [5.74, 6) is 1.72. The fourth-order valence-electron chi connectivity index (χ4n) is 3.77. The minimum Gasteiger partial charge on any atom is -0.493 e. The molecule has 1 aromatic heterocycles. The van der Waals surface area contributed by atoms with Crippen molar-refractivity contribution in [3.8, 4) is 23.3 Å². The van der Waals surface area contributed by atoms with Crippen LogP contribution in [-0.2, 0) is 16.6 Å². The molecule has 0 saturated carbocycles. The Labute approximate surface area is 233 Å². The van der Waals surface area contributed by atoms with Crippen LogP contribution in [0.2, 0.25) is 5.02 Å². The number of likely N-dealkylation sites (N-methyl/N-ethyl adjacent to an activating group) is 2. The monoisotopic (exact) mass is 577 g/mol. The number of hydrogen-bond donors (Lipinski definition) is 1. The van der Waals surface area contributed by atoms with Crippen LogP contribution in [0.5, 0.6) is 23.3 Å². The van der Waals surface area contributed by atoms with E-state index in [1.807, 2.05) is 43.1 Å². The van der Waals surface area contributed by atoms with E-state index in [9.17, 15) is 8.42 Å². The number of ether oxygens (including phenoxy) is 4. The Morgan fingerprint density at radius 1 is 1.15 bits per heavy atom. The molecule has 210 valence electrons. The van der Waals surface area contributed by atoms with Crippen molar-refractivity contribution < 1.29 is 27.4 Å². The van der Waals surface area contributed by atoms with Gasteiger partial charge in [0, 0.05) is 18.6 Å². The predicted octanol–water partition coefficient (Wildman–Crippen LogP) is 3.60. The lowest BCUT2D eigenvalue weighted by Crippen LogP contribution is -2.31. The summed E-state index contributed by atoms with van der Waals surface area (Å²) in [7, 11) is 3.28. The molecule has 0 unspecified atom stereocenters. The van der Waals surface area contributed by atoms with Gasteiger partial charge in [-0.15, -0.1) is 0 Å². The zero-order chi connectivity index (χ0) is 28.2. The first-order valence-electron chi connectivity index (χ1n) is 12.2. The van der Waals surface area contributed by atoms with Crippen molar-refractivity contribution in [1.82, 2.24) is 14.9 Å². The Kier molecular flexibility index (Phi) is 8.88. The average molecular weight is 578 g/mol. The van der Waals surface area contributed by atoms with Crippen LogP contribution in [0.25, 0.3) is 0 Å². The molecule has 11 nitrogen and oxygen atoms in total. The van der Waals surface area contributed by atoms with Gasteiger partial charge in [-0.2, -0.15) is 9.97 Å². The topological polar surface area (TPSA) is 115 Å². The number of anilines is 2. The van der Waals surface area contributed by atoms with Crippen LogP contribution in [0.4, 0.5) is 11.6 Å². The van der Waals surface area contributed by atoms with Gasteiger partial charge >= 0.3 is 0 Å². The summed E-state index contributed by atoms with van der Waals surface area (Å²) in [5, 5.41) is 0.332. The van der Waals surface area contributed by atoms with Gasteiger partial charge < -0.3 is 28.7 Å². The maximum Gasteiger partial charge on any atom is 0.263 e. The van der Waals surface area contributed by atoms with Crippen molar-refractivity contribution in [1.29, 1.82) is 0 Å². The van der Waals surface area contributed by atoms with Crippen LogP contribution in [0, 0.1) is 6.92 Å². The first-order valence-corrected chi connectivity index (χ1v) is 14.1. The SMILES string of the molecule is COc1ccc(COc2nc3c(nc2NS(=O)(=O)c2cccc(Cl)c2C)OCCN3C)cc1OCCN(C)C. The van der Waals surface area contributed by atoms with Crippen LogP contribution >= 0.6 is 11.6 Å². The molecule has 2 aromatic carbocycles. The van der Waals surface area contributed by atoms with Crippen LogP contribution in [-0.4, -0.2) is 77.8 Å². The molecule has 3 aromatic rings. The molecule has 0 amide bonds. The van der Waals surface area contributed by atoms with Gasteiger partial charge in [-0.1, -0.05) is 23.7 Å². The molecule has 1 N–H and O–H groups in total. The molecule has 1 aliphatic heterocycles. The summed E-state index contributed by atoms with van der Waals surface area (Å²) < 4.78 is 52.2. The molecule has 0 aliphatic carbocycles. The van der Waals surface area contributed by atoms with E-state index in [1.54, 1.807) is 32.2 Å². The lowest BCUT2D eigenvalue weighted by molar-refractivity contribution is 0.249. The third kappa shape index (κ3) is 6.75. The summed E-state index contributed by atoms with van der Waals surface area (Å²) >= 11 is 6.17. The van der Waals surface area contributed by atoms with E-state index in [-0.39, 0.29) is 29.1 Å². The van der Waals surface area contributed by atoms with Gasteiger partial charge in [-0.05, 0) is 56.4 Å². The van der Waals surface area contributed by atoms with Crippen molar-refractivity contribution in [2.45, 2.75) is 18.4 Å². The first kappa shape index (κ1) is 28.5. The second-order valence-corrected chi connectivity index (χ2v) is 11.2. The van der Waals surface area contributed by atoms with E-state index in [4.69, 9.17) is 30.5 Å². The highest BCUT2D eigenvalue weighted by Crippen LogP contribution is 2.36. The molecular formula is C26H32ClN5O6S. The maximum absolute atomic E-state index is 13.3. The Hall–Kier alpha value is -3.48. The number of benzene rings is 2. The molecule has 2 heterocycles. The summed E-state index contributed by atoms with van der Waals surface area (Å²) in [4.78, 5) is 12.9. The molecule has 0 atom stereocenters. The van der Waals surface area contributed by atoms with E-state index >= 15 is 0 Å². The number of methoxy groups -OCH3 is 1. The van der Waals surface area contributed by atoms with E-state index in [0.29, 0.717) is 47.7 Å². The number of halogens is 1. The molecule has 0 saturated heterocycles. The minimum absolute atomic E-state index is 0.000232. The second-order valence-electron chi connectivity index (χ2n) is 9.17. The van der Waals surface area contributed by atoms with Gasteiger partial charge in [-0.3, -0.25) is 4.72 Å². The Morgan fingerprint density at radius 3 is 2.69 bits per heavy atom. The fourth-order valence-corrected chi connectivity index (χ4v) is 5.27. The number of fused-ring (bicyclic) bond motifs is 1. The minimum atomic E-state index is -4.07. The molecule has 39 heavy (non-hydrogen) atoms. The fraction of sp³-hybridized carbons (Fsp3) is 0.385. The van der Waals surface area contributed by atoms with Crippen molar-refractivity contribution in [2.75, 3.05) is 64.2 Å². The standard InChI is InChI=1S/C26H32ClN5O6S/c1-17-19(27)7-6-8-22(17)39(33,34)30-23-25(29-24-26(28-23)37-14-12-32(24)4)38-16-18-9-10-20(35-5)21(15-18)36-13-11-31(2)3/h6-10,15H,11-14,16H2,1-5H3,(H,28,30). The molecular weight excluding hydrogens is 546 g/mol. The molecule has 0 bridgehead atoms. The molecule has 13 heteroatoms. The third-order valence-corrected chi connectivity index (χ3v) is 7.87. The van der Waals surface area contributed by atoms with E-state index in [2.05, 4.69) is 14.7 Å². The van der Waals surface area contributed by atoms with Gasteiger partial charge in [0.15, 0.2) is 17.3 Å². The average Bonchev–Trinajstić information content (AvgIpc) is 2.89. The largest absolute Gasteiger partial charge is 0.493 e. The third-order valence-electron chi connectivity index (χ3n) is 5.98. The van der Waals surface area contributed by atoms with E-state index in [0.717, 1.165) is 12.1 Å². The highest BCUT2D eigenvalue weighted by Gasteiger charge is 2.27. The zero-order valence-electron chi connectivity index (χ0n) is 22.5. The summed E-state index contributed by atoms with van der Waals surface area (Å²) in [5.41, 5.74) is 1.18. The number of aromatic nitrogens is 2. The van der Waals surface area contributed by atoms with Crippen molar-refractivity contribution >= 4 is 33.3 Å². The van der Waals surface area contributed by atoms with Gasteiger partial charge in [-0.25, -0.2) is 8.42 Å². The van der Waals surface area contributed by atoms with Gasteiger partial charge in [0.2, 0.25) is 5.82 Å².